The SMILES string of the molecule is Cc1cc2c(Nc3ccc([N+](=O)[O-])cc3)nc(N3CCCC3)nc2[nH]1. The summed E-state index contributed by atoms with van der Waals surface area (Å²) in [6.45, 7) is 3.90. The van der Waals surface area contributed by atoms with E-state index in [0.717, 1.165) is 48.3 Å². The van der Waals surface area contributed by atoms with Gasteiger partial charge in [-0.05, 0) is 38.0 Å². The van der Waals surface area contributed by atoms with Gasteiger partial charge in [-0.2, -0.15) is 9.97 Å². The zero-order chi connectivity index (χ0) is 17.4. The van der Waals surface area contributed by atoms with Gasteiger partial charge in [0, 0.05) is 36.6 Å². The molecule has 4 rings (SSSR count). The molecule has 0 atom stereocenters. The first-order valence-electron chi connectivity index (χ1n) is 8.24. The molecule has 0 bridgehead atoms. The smallest absolute Gasteiger partial charge is 0.269 e. The number of aryl methyl sites for hydroxylation is 1. The number of hydrogen-bond donors (Lipinski definition) is 2. The lowest BCUT2D eigenvalue weighted by Gasteiger charge is -2.16. The number of anilines is 3. The van der Waals surface area contributed by atoms with Crippen molar-refractivity contribution in [2.75, 3.05) is 23.3 Å². The Balaban J connectivity index is 1.72. The molecule has 1 saturated heterocycles. The van der Waals surface area contributed by atoms with E-state index in [9.17, 15) is 10.1 Å². The van der Waals surface area contributed by atoms with Crippen LogP contribution in [-0.4, -0.2) is 33.0 Å². The Labute approximate surface area is 144 Å². The lowest BCUT2D eigenvalue weighted by Crippen LogP contribution is -2.20. The van der Waals surface area contributed by atoms with Crippen molar-refractivity contribution in [3.05, 3.63) is 46.1 Å². The molecular formula is C17H18N6O2. The number of nitro groups is 1. The van der Waals surface area contributed by atoms with Crippen molar-refractivity contribution in [2.45, 2.75) is 19.8 Å². The Kier molecular flexibility index (Phi) is 3.72. The fourth-order valence-electron chi connectivity index (χ4n) is 3.09. The fraction of sp³-hybridized carbons (Fsp3) is 0.294. The summed E-state index contributed by atoms with van der Waals surface area (Å²) in [5, 5.41) is 15.0. The first-order chi connectivity index (χ1) is 12.1. The van der Waals surface area contributed by atoms with Gasteiger partial charge >= 0.3 is 0 Å². The number of H-pyrrole nitrogens is 1. The molecule has 0 aliphatic carbocycles. The quantitative estimate of drug-likeness (QED) is 0.558. The Bertz CT molecular complexity index is 928. The number of nitrogens with zero attached hydrogens (tertiary/aromatic N) is 4. The van der Waals surface area contributed by atoms with Crippen molar-refractivity contribution < 1.29 is 4.92 Å². The van der Waals surface area contributed by atoms with E-state index < -0.39 is 4.92 Å². The molecule has 0 unspecified atom stereocenters. The van der Waals surface area contributed by atoms with Crippen molar-refractivity contribution in [1.29, 1.82) is 0 Å². The molecule has 2 aromatic heterocycles. The van der Waals surface area contributed by atoms with Crippen molar-refractivity contribution in [3.8, 4) is 0 Å². The summed E-state index contributed by atoms with van der Waals surface area (Å²) in [6.07, 6.45) is 2.30. The predicted molar refractivity (Wildman–Crippen MR) is 96.5 cm³/mol. The van der Waals surface area contributed by atoms with E-state index in [4.69, 9.17) is 4.98 Å². The molecule has 0 amide bonds. The van der Waals surface area contributed by atoms with Gasteiger partial charge in [-0.1, -0.05) is 0 Å². The van der Waals surface area contributed by atoms with Crippen LogP contribution in [0.3, 0.4) is 0 Å². The first-order valence-corrected chi connectivity index (χ1v) is 8.24. The molecule has 0 spiro atoms. The topological polar surface area (TPSA) is 100.0 Å². The molecule has 25 heavy (non-hydrogen) atoms. The van der Waals surface area contributed by atoms with Crippen molar-refractivity contribution >= 4 is 34.2 Å². The minimum Gasteiger partial charge on any atom is -0.343 e. The molecule has 8 nitrogen and oxygen atoms in total. The second-order valence-corrected chi connectivity index (χ2v) is 6.21. The third-order valence-corrected chi connectivity index (χ3v) is 4.34. The summed E-state index contributed by atoms with van der Waals surface area (Å²) in [5.41, 5.74) is 2.61. The number of non-ortho nitro benzene ring substituents is 1. The van der Waals surface area contributed by atoms with E-state index in [2.05, 4.69) is 20.2 Å². The van der Waals surface area contributed by atoms with E-state index in [0.29, 0.717) is 11.8 Å². The van der Waals surface area contributed by atoms with Gasteiger partial charge in [-0.3, -0.25) is 10.1 Å². The minimum absolute atomic E-state index is 0.0635. The van der Waals surface area contributed by atoms with Crippen LogP contribution in [0.25, 0.3) is 11.0 Å². The van der Waals surface area contributed by atoms with Gasteiger partial charge in [0.15, 0.2) is 0 Å². The summed E-state index contributed by atoms with van der Waals surface area (Å²) >= 11 is 0. The average molecular weight is 338 g/mol. The summed E-state index contributed by atoms with van der Waals surface area (Å²) in [6, 6.07) is 8.31. The molecule has 3 aromatic rings. The van der Waals surface area contributed by atoms with Gasteiger partial charge in [-0.25, -0.2) is 0 Å². The number of rotatable bonds is 4. The molecule has 3 heterocycles. The summed E-state index contributed by atoms with van der Waals surface area (Å²) in [4.78, 5) is 25.2. The highest BCUT2D eigenvalue weighted by Gasteiger charge is 2.18. The Morgan fingerprint density at radius 3 is 2.60 bits per heavy atom. The highest BCUT2D eigenvalue weighted by molar-refractivity contribution is 5.90. The normalized spacial score (nSPS) is 14.2. The maximum absolute atomic E-state index is 10.8. The molecule has 0 saturated carbocycles. The van der Waals surface area contributed by atoms with E-state index >= 15 is 0 Å². The third-order valence-electron chi connectivity index (χ3n) is 4.34. The van der Waals surface area contributed by atoms with Gasteiger partial charge in [0.2, 0.25) is 5.95 Å². The highest BCUT2D eigenvalue weighted by Crippen LogP contribution is 2.28. The molecule has 1 aliphatic heterocycles. The van der Waals surface area contributed by atoms with Crippen molar-refractivity contribution in [3.63, 3.8) is 0 Å². The second kappa shape index (κ2) is 6.04. The summed E-state index contributed by atoms with van der Waals surface area (Å²) < 4.78 is 0. The molecule has 128 valence electrons. The molecule has 1 aliphatic rings. The van der Waals surface area contributed by atoms with Crippen LogP contribution in [0, 0.1) is 17.0 Å². The number of fused-ring (bicyclic) bond motifs is 1. The predicted octanol–water partition coefficient (Wildman–Crippen LogP) is 3.52. The maximum atomic E-state index is 10.8. The molecule has 2 N–H and O–H groups in total. The second-order valence-electron chi connectivity index (χ2n) is 6.21. The number of nitrogens with one attached hydrogen (secondary N) is 2. The summed E-state index contributed by atoms with van der Waals surface area (Å²) in [5.74, 6) is 1.40. The zero-order valence-corrected chi connectivity index (χ0v) is 13.8. The zero-order valence-electron chi connectivity index (χ0n) is 13.8. The average Bonchev–Trinajstić information content (AvgIpc) is 3.24. The number of hydrogen-bond acceptors (Lipinski definition) is 6. The Morgan fingerprint density at radius 1 is 1.20 bits per heavy atom. The maximum Gasteiger partial charge on any atom is 0.269 e. The van der Waals surface area contributed by atoms with E-state index in [1.165, 1.54) is 12.1 Å². The van der Waals surface area contributed by atoms with Gasteiger partial charge in [0.25, 0.3) is 5.69 Å². The molecule has 8 heteroatoms. The lowest BCUT2D eigenvalue weighted by atomic mass is 10.2. The van der Waals surface area contributed by atoms with E-state index in [1.807, 2.05) is 13.0 Å². The largest absolute Gasteiger partial charge is 0.343 e. The third kappa shape index (κ3) is 2.98. The Morgan fingerprint density at radius 2 is 1.92 bits per heavy atom. The van der Waals surface area contributed by atoms with Gasteiger partial charge < -0.3 is 15.2 Å². The number of aromatic nitrogens is 3. The van der Waals surface area contributed by atoms with Gasteiger partial charge in [-0.15, -0.1) is 0 Å². The highest BCUT2D eigenvalue weighted by atomic mass is 16.6. The van der Waals surface area contributed by atoms with Crippen molar-refractivity contribution in [2.24, 2.45) is 0 Å². The van der Waals surface area contributed by atoms with Gasteiger partial charge in [0.05, 0.1) is 10.3 Å². The van der Waals surface area contributed by atoms with Crippen LogP contribution in [0.15, 0.2) is 30.3 Å². The number of nitro benzene ring substituents is 1. The number of benzene rings is 1. The Hall–Kier alpha value is -3.16. The van der Waals surface area contributed by atoms with Crippen LogP contribution in [0.5, 0.6) is 0 Å². The van der Waals surface area contributed by atoms with E-state index in [-0.39, 0.29) is 5.69 Å². The van der Waals surface area contributed by atoms with Crippen LogP contribution < -0.4 is 10.2 Å². The van der Waals surface area contributed by atoms with E-state index in [1.54, 1.807) is 12.1 Å². The molecule has 1 aromatic carbocycles. The molecule has 1 fully saturated rings. The first kappa shape index (κ1) is 15.4. The van der Waals surface area contributed by atoms with Gasteiger partial charge in [0.1, 0.15) is 11.5 Å². The molecule has 0 radical (unpaired) electrons. The molecular weight excluding hydrogens is 320 g/mol. The van der Waals surface area contributed by atoms with Crippen LogP contribution in [0.2, 0.25) is 0 Å². The summed E-state index contributed by atoms with van der Waals surface area (Å²) in [7, 11) is 0. The minimum atomic E-state index is -0.409. The van der Waals surface area contributed by atoms with Crippen LogP contribution >= 0.6 is 0 Å². The fourth-order valence-corrected chi connectivity index (χ4v) is 3.09. The van der Waals surface area contributed by atoms with Crippen LogP contribution in [0.1, 0.15) is 18.5 Å². The van der Waals surface area contributed by atoms with Crippen molar-refractivity contribution in [1.82, 2.24) is 15.0 Å². The lowest BCUT2D eigenvalue weighted by molar-refractivity contribution is -0.384. The standard InChI is InChI=1S/C17H18N6O2/c1-11-10-14-15(18-11)20-17(22-8-2-3-9-22)21-16(14)19-12-4-6-13(7-5-12)23(24)25/h4-7,10H,2-3,8-9H2,1H3,(H2,18,19,20,21). The van der Waals surface area contributed by atoms with Crippen LogP contribution in [-0.2, 0) is 0 Å². The number of aromatic amines is 1. The van der Waals surface area contributed by atoms with Crippen LogP contribution in [0.4, 0.5) is 23.1 Å². The monoisotopic (exact) mass is 338 g/mol.